The number of halogens is 2. The molecule has 3 N–H and O–H groups in total. The minimum Gasteiger partial charge on any atom is -0.356 e. The number of guanidine groups is 1. The number of para-hydroxylation sites is 1. The summed E-state index contributed by atoms with van der Waals surface area (Å²) in [7, 11) is 1.67. The van der Waals surface area contributed by atoms with Crippen LogP contribution in [0.15, 0.2) is 59.6 Å². The summed E-state index contributed by atoms with van der Waals surface area (Å²) in [5.41, 5.74) is 1.92. The maximum absolute atomic E-state index is 11.9. The molecular formula is C18H22ClIN4O. The zero-order valence-corrected chi connectivity index (χ0v) is 17.0. The maximum atomic E-state index is 11.9. The molecule has 0 fully saturated rings. The van der Waals surface area contributed by atoms with Crippen molar-refractivity contribution in [1.82, 2.24) is 10.6 Å². The summed E-state index contributed by atoms with van der Waals surface area (Å²) < 4.78 is 0. The number of nitrogens with one attached hydrogen (secondary N) is 3. The van der Waals surface area contributed by atoms with Crippen LogP contribution in [0.5, 0.6) is 0 Å². The van der Waals surface area contributed by atoms with E-state index in [2.05, 4.69) is 20.9 Å². The number of aliphatic imine (C=N–C) groups is 1. The van der Waals surface area contributed by atoms with Gasteiger partial charge in [0.2, 0.25) is 5.91 Å². The Hall–Kier alpha value is -1.80. The number of carbonyl (C=O) groups excluding carboxylic acids is 1. The summed E-state index contributed by atoms with van der Waals surface area (Å²) in [6, 6.07) is 17.1. The minimum atomic E-state index is -0.126. The van der Waals surface area contributed by atoms with E-state index in [1.54, 1.807) is 7.05 Å². The topological polar surface area (TPSA) is 65.5 Å². The summed E-state index contributed by atoms with van der Waals surface area (Å²) in [6.07, 6.45) is 0.817. The van der Waals surface area contributed by atoms with Crippen LogP contribution in [0.25, 0.3) is 0 Å². The van der Waals surface area contributed by atoms with Crippen molar-refractivity contribution < 1.29 is 4.79 Å². The average Bonchev–Trinajstić information content (AvgIpc) is 2.59. The van der Waals surface area contributed by atoms with E-state index in [1.165, 1.54) is 0 Å². The van der Waals surface area contributed by atoms with Gasteiger partial charge in [-0.3, -0.25) is 9.79 Å². The number of benzene rings is 2. The molecule has 7 heteroatoms. The number of hydrogen-bond donors (Lipinski definition) is 3. The van der Waals surface area contributed by atoms with Gasteiger partial charge < -0.3 is 16.0 Å². The van der Waals surface area contributed by atoms with Crippen molar-refractivity contribution in [2.24, 2.45) is 4.99 Å². The van der Waals surface area contributed by atoms with E-state index >= 15 is 0 Å². The van der Waals surface area contributed by atoms with Gasteiger partial charge in [0.1, 0.15) is 0 Å². The first-order valence-electron chi connectivity index (χ1n) is 7.71. The van der Waals surface area contributed by atoms with Gasteiger partial charge in [-0.25, -0.2) is 0 Å². The predicted molar refractivity (Wildman–Crippen MR) is 115 cm³/mol. The van der Waals surface area contributed by atoms with Gasteiger partial charge >= 0.3 is 0 Å². The average molecular weight is 473 g/mol. The van der Waals surface area contributed by atoms with Crippen LogP contribution >= 0.6 is 35.6 Å². The quantitative estimate of drug-likeness (QED) is 0.343. The number of amides is 1. The molecule has 0 bridgehead atoms. The lowest BCUT2D eigenvalue weighted by Gasteiger charge is -2.12. The van der Waals surface area contributed by atoms with Gasteiger partial charge in [0.05, 0.1) is 6.54 Å². The monoisotopic (exact) mass is 472 g/mol. The largest absolute Gasteiger partial charge is 0.356 e. The van der Waals surface area contributed by atoms with E-state index in [-0.39, 0.29) is 36.4 Å². The lowest BCUT2D eigenvalue weighted by molar-refractivity contribution is -0.115. The van der Waals surface area contributed by atoms with Crippen molar-refractivity contribution in [1.29, 1.82) is 0 Å². The Morgan fingerprint density at radius 3 is 2.52 bits per heavy atom. The Kier molecular flexibility index (Phi) is 9.94. The Morgan fingerprint density at radius 1 is 1.08 bits per heavy atom. The first kappa shape index (κ1) is 21.2. The number of nitrogens with zero attached hydrogens (tertiary/aromatic N) is 1. The molecule has 0 spiro atoms. The third kappa shape index (κ3) is 8.22. The molecule has 0 atom stereocenters. The van der Waals surface area contributed by atoms with Gasteiger partial charge in [-0.05, 0) is 36.2 Å². The van der Waals surface area contributed by atoms with Gasteiger partial charge in [-0.2, -0.15) is 0 Å². The van der Waals surface area contributed by atoms with Crippen molar-refractivity contribution in [3.8, 4) is 0 Å². The standard InChI is InChI=1S/C18H21ClN4O.HI/c1-20-18(21-11-10-14-6-5-7-15(19)12-14)22-13-17(24)23-16-8-3-2-4-9-16;/h2-9,12H,10-11,13H2,1H3,(H,23,24)(H2,20,21,22);1H. The first-order chi connectivity index (χ1) is 11.7. The summed E-state index contributed by atoms with van der Waals surface area (Å²) in [5.74, 6) is 0.458. The molecule has 5 nitrogen and oxygen atoms in total. The van der Waals surface area contributed by atoms with E-state index in [4.69, 9.17) is 11.6 Å². The van der Waals surface area contributed by atoms with Crippen LogP contribution in [0.3, 0.4) is 0 Å². The summed E-state index contributed by atoms with van der Waals surface area (Å²) >= 11 is 5.96. The molecule has 0 aliphatic carbocycles. The Labute approximate surface area is 170 Å². The van der Waals surface area contributed by atoms with Gasteiger partial charge in [0.25, 0.3) is 0 Å². The fourth-order valence-electron chi connectivity index (χ4n) is 2.13. The molecule has 0 saturated carbocycles. The van der Waals surface area contributed by atoms with Gasteiger partial charge in [-0.15, -0.1) is 24.0 Å². The second kappa shape index (κ2) is 11.7. The van der Waals surface area contributed by atoms with Crippen molar-refractivity contribution in [3.05, 3.63) is 65.2 Å². The van der Waals surface area contributed by atoms with Crippen LogP contribution in [-0.4, -0.2) is 32.0 Å². The Bertz CT molecular complexity index is 694. The van der Waals surface area contributed by atoms with Gasteiger partial charge in [0.15, 0.2) is 5.96 Å². The number of anilines is 1. The summed E-state index contributed by atoms with van der Waals surface area (Å²) in [4.78, 5) is 16.0. The Morgan fingerprint density at radius 2 is 1.84 bits per heavy atom. The zero-order valence-electron chi connectivity index (χ0n) is 14.0. The number of rotatable bonds is 6. The van der Waals surface area contributed by atoms with Crippen LogP contribution in [0.4, 0.5) is 5.69 Å². The van der Waals surface area contributed by atoms with E-state index < -0.39 is 0 Å². The number of hydrogen-bond acceptors (Lipinski definition) is 2. The lowest BCUT2D eigenvalue weighted by atomic mass is 10.1. The van der Waals surface area contributed by atoms with E-state index in [9.17, 15) is 4.79 Å². The van der Waals surface area contributed by atoms with Crippen molar-refractivity contribution in [2.45, 2.75) is 6.42 Å². The van der Waals surface area contributed by atoms with Crippen LogP contribution in [0.2, 0.25) is 5.02 Å². The first-order valence-corrected chi connectivity index (χ1v) is 8.09. The highest BCUT2D eigenvalue weighted by molar-refractivity contribution is 14.0. The highest BCUT2D eigenvalue weighted by Crippen LogP contribution is 2.10. The third-order valence-corrected chi connectivity index (χ3v) is 3.53. The molecule has 0 aromatic heterocycles. The highest BCUT2D eigenvalue weighted by Gasteiger charge is 2.04. The van der Waals surface area contributed by atoms with Crippen molar-refractivity contribution >= 4 is 53.1 Å². The number of carbonyl (C=O) groups is 1. The van der Waals surface area contributed by atoms with E-state index in [0.29, 0.717) is 12.5 Å². The molecule has 25 heavy (non-hydrogen) atoms. The fourth-order valence-corrected chi connectivity index (χ4v) is 2.34. The molecule has 0 unspecified atom stereocenters. The molecule has 1 amide bonds. The van der Waals surface area contributed by atoms with Crippen molar-refractivity contribution in [3.63, 3.8) is 0 Å². The predicted octanol–water partition coefficient (Wildman–Crippen LogP) is 3.30. The summed E-state index contributed by atoms with van der Waals surface area (Å²) in [6.45, 7) is 0.839. The fraction of sp³-hybridized carbons (Fsp3) is 0.222. The van der Waals surface area contributed by atoms with E-state index in [1.807, 2.05) is 54.6 Å². The van der Waals surface area contributed by atoms with Crippen LogP contribution < -0.4 is 16.0 Å². The molecular weight excluding hydrogens is 451 g/mol. The molecule has 0 heterocycles. The molecule has 134 valence electrons. The molecule has 0 radical (unpaired) electrons. The Balaban J connectivity index is 0.00000312. The molecule has 0 saturated heterocycles. The normalized spacial score (nSPS) is 10.6. The third-order valence-electron chi connectivity index (χ3n) is 3.29. The molecule has 2 rings (SSSR count). The molecule has 0 aliphatic heterocycles. The minimum absolute atomic E-state index is 0. The van der Waals surface area contributed by atoms with Gasteiger partial charge in [0, 0.05) is 24.3 Å². The van der Waals surface area contributed by atoms with Crippen LogP contribution in [-0.2, 0) is 11.2 Å². The second-order valence-electron chi connectivity index (χ2n) is 5.15. The van der Waals surface area contributed by atoms with Crippen molar-refractivity contribution in [2.75, 3.05) is 25.5 Å². The SMILES string of the molecule is CN=C(NCCc1cccc(Cl)c1)NCC(=O)Nc1ccccc1.I. The lowest BCUT2D eigenvalue weighted by Crippen LogP contribution is -2.42. The molecule has 2 aromatic rings. The van der Waals surface area contributed by atoms with Crippen LogP contribution in [0, 0.1) is 0 Å². The molecule has 2 aromatic carbocycles. The molecule has 0 aliphatic rings. The highest BCUT2D eigenvalue weighted by atomic mass is 127. The summed E-state index contributed by atoms with van der Waals surface area (Å²) in [5, 5.41) is 9.70. The maximum Gasteiger partial charge on any atom is 0.243 e. The smallest absolute Gasteiger partial charge is 0.243 e. The van der Waals surface area contributed by atoms with Gasteiger partial charge in [-0.1, -0.05) is 41.9 Å². The van der Waals surface area contributed by atoms with Crippen LogP contribution in [0.1, 0.15) is 5.56 Å². The van der Waals surface area contributed by atoms with E-state index in [0.717, 1.165) is 22.7 Å². The zero-order chi connectivity index (χ0) is 17.2. The second-order valence-corrected chi connectivity index (χ2v) is 5.58.